The number of hydrogen-bond donors (Lipinski definition) is 1. The largest absolute Gasteiger partial charge is 0.481 e. The van der Waals surface area contributed by atoms with Crippen LogP contribution in [0, 0.1) is 23.0 Å². The maximum absolute atomic E-state index is 13.7. The first-order chi connectivity index (χ1) is 9.50. The molecule has 2 aliphatic rings. The van der Waals surface area contributed by atoms with Gasteiger partial charge in [-0.25, -0.2) is 8.78 Å². The smallest absolute Gasteiger partial charge is 0.308 e. The maximum atomic E-state index is 13.7. The predicted octanol–water partition coefficient (Wildman–Crippen LogP) is 2.65. The molecular weight excluding hydrogens is 264 g/mol. The van der Waals surface area contributed by atoms with Crippen molar-refractivity contribution in [3.05, 3.63) is 35.4 Å². The topological polar surface area (TPSA) is 40.5 Å². The van der Waals surface area contributed by atoms with Gasteiger partial charge in [0.25, 0.3) is 0 Å². The summed E-state index contributed by atoms with van der Waals surface area (Å²) >= 11 is 0. The number of likely N-dealkylation sites (tertiary alicyclic amines) is 1. The van der Waals surface area contributed by atoms with Crippen LogP contribution in [0.3, 0.4) is 0 Å². The monoisotopic (exact) mass is 281 g/mol. The summed E-state index contributed by atoms with van der Waals surface area (Å²) in [5.74, 6) is -2.05. The first kappa shape index (κ1) is 13.5. The van der Waals surface area contributed by atoms with Crippen molar-refractivity contribution < 1.29 is 18.7 Å². The lowest BCUT2D eigenvalue weighted by Gasteiger charge is -2.41. The van der Waals surface area contributed by atoms with Gasteiger partial charge in [0.15, 0.2) is 0 Å². The summed E-state index contributed by atoms with van der Waals surface area (Å²) in [6.07, 6.45) is 2.91. The molecule has 1 saturated carbocycles. The van der Waals surface area contributed by atoms with Crippen molar-refractivity contribution in [3.63, 3.8) is 0 Å². The van der Waals surface area contributed by atoms with Crippen LogP contribution in [0.1, 0.15) is 24.8 Å². The molecule has 3 nitrogen and oxygen atoms in total. The van der Waals surface area contributed by atoms with E-state index in [2.05, 4.69) is 0 Å². The molecule has 1 aromatic carbocycles. The zero-order valence-electron chi connectivity index (χ0n) is 11.1. The van der Waals surface area contributed by atoms with Crippen molar-refractivity contribution >= 4 is 5.97 Å². The molecule has 108 valence electrons. The number of carboxylic acid groups (broad SMARTS) is 1. The van der Waals surface area contributed by atoms with Gasteiger partial charge in [0.1, 0.15) is 11.6 Å². The van der Waals surface area contributed by atoms with Crippen LogP contribution in [0.4, 0.5) is 8.78 Å². The molecule has 1 aliphatic heterocycles. The molecular formula is C15H17F2NO2. The molecule has 2 fully saturated rings. The van der Waals surface area contributed by atoms with Crippen LogP contribution in [0.2, 0.25) is 0 Å². The third-order valence-electron chi connectivity index (χ3n) is 4.77. The van der Waals surface area contributed by atoms with E-state index in [0.717, 1.165) is 31.4 Å². The molecule has 0 aromatic heterocycles. The Balaban J connectivity index is 1.76. The van der Waals surface area contributed by atoms with E-state index in [1.807, 2.05) is 4.90 Å². The minimum Gasteiger partial charge on any atom is -0.481 e. The zero-order chi connectivity index (χ0) is 14.3. The Morgan fingerprint density at radius 1 is 1.40 bits per heavy atom. The molecule has 1 aromatic rings. The molecule has 1 N–H and O–H groups in total. The number of hydrogen-bond acceptors (Lipinski definition) is 2. The van der Waals surface area contributed by atoms with Crippen LogP contribution in [0.15, 0.2) is 18.2 Å². The fourth-order valence-electron chi connectivity index (χ4n) is 3.58. The maximum Gasteiger partial charge on any atom is 0.308 e. The third-order valence-corrected chi connectivity index (χ3v) is 4.77. The summed E-state index contributed by atoms with van der Waals surface area (Å²) in [6, 6.07) is 3.40. The first-order valence-electron chi connectivity index (χ1n) is 6.89. The molecule has 5 heteroatoms. The Bertz CT molecular complexity index is 543. The van der Waals surface area contributed by atoms with Crippen molar-refractivity contribution in [2.75, 3.05) is 13.1 Å². The summed E-state index contributed by atoms with van der Waals surface area (Å²) in [7, 11) is 0. The highest BCUT2D eigenvalue weighted by Crippen LogP contribution is 2.51. The van der Waals surface area contributed by atoms with Gasteiger partial charge in [-0.3, -0.25) is 9.69 Å². The van der Waals surface area contributed by atoms with Gasteiger partial charge in [-0.05, 0) is 36.5 Å². The Morgan fingerprint density at radius 2 is 2.15 bits per heavy atom. The fraction of sp³-hybridized carbons (Fsp3) is 0.533. The van der Waals surface area contributed by atoms with Gasteiger partial charge in [0.2, 0.25) is 0 Å². The SMILES string of the molecule is O=C(O)[C@@H]1CN(Cc2cc(F)ccc2F)CC12CCC2. The summed E-state index contributed by atoms with van der Waals surface area (Å²) in [5, 5.41) is 9.34. The quantitative estimate of drug-likeness (QED) is 0.926. The summed E-state index contributed by atoms with van der Waals surface area (Å²) in [5.41, 5.74) is 0.154. The number of carbonyl (C=O) groups is 1. The second-order valence-electron chi connectivity index (χ2n) is 6.01. The van der Waals surface area contributed by atoms with Crippen LogP contribution in [-0.4, -0.2) is 29.1 Å². The standard InChI is InChI=1S/C15H17F2NO2/c16-11-2-3-13(17)10(6-11)7-18-8-12(14(19)20)15(9-18)4-1-5-15/h2-3,6,12H,1,4-5,7-9H2,(H,19,20)/t12-/m0/s1. The number of nitrogens with zero attached hydrogens (tertiary/aromatic N) is 1. The average Bonchev–Trinajstić information content (AvgIpc) is 2.73. The van der Waals surface area contributed by atoms with Crippen molar-refractivity contribution in [1.29, 1.82) is 0 Å². The van der Waals surface area contributed by atoms with Crippen LogP contribution in [0.5, 0.6) is 0 Å². The fourth-order valence-corrected chi connectivity index (χ4v) is 3.58. The first-order valence-corrected chi connectivity index (χ1v) is 6.89. The highest BCUT2D eigenvalue weighted by atomic mass is 19.1. The highest BCUT2D eigenvalue weighted by molar-refractivity contribution is 5.72. The Kier molecular flexibility index (Phi) is 3.24. The van der Waals surface area contributed by atoms with E-state index in [4.69, 9.17) is 0 Å². The molecule has 1 saturated heterocycles. The molecule has 3 rings (SSSR count). The van der Waals surface area contributed by atoms with Gasteiger partial charge in [-0.2, -0.15) is 0 Å². The van der Waals surface area contributed by atoms with Gasteiger partial charge in [-0.1, -0.05) is 6.42 Å². The molecule has 0 radical (unpaired) electrons. The van der Waals surface area contributed by atoms with Crippen molar-refractivity contribution in [2.24, 2.45) is 11.3 Å². The number of carboxylic acids is 1. The number of halogens is 2. The van der Waals surface area contributed by atoms with Gasteiger partial charge < -0.3 is 5.11 Å². The molecule has 0 bridgehead atoms. The van der Waals surface area contributed by atoms with E-state index >= 15 is 0 Å². The van der Waals surface area contributed by atoms with Crippen LogP contribution in [0.25, 0.3) is 0 Å². The molecule has 0 unspecified atom stereocenters. The Hall–Kier alpha value is -1.49. The van der Waals surface area contributed by atoms with E-state index in [1.54, 1.807) is 0 Å². The normalized spacial score (nSPS) is 24.8. The summed E-state index contributed by atoms with van der Waals surface area (Å²) < 4.78 is 26.8. The van der Waals surface area contributed by atoms with Gasteiger partial charge in [0.05, 0.1) is 5.92 Å². The van der Waals surface area contributed by atoms with E-state index in [0.29, 0.717) is 18.7 Å². The van der Waals surface area contributed by atoms with Gasteiger partial charge in [0, 0.05) is 25.2 Å². The molecule has 0 amide bonds. The van der Waals surface area contributed by atoms with Gasteiger partial charge in [-0.15, -0.1) is 0 Å². The lowest BCUT2D eigenvalue weighted by atomic mass is 9.63. The second-order valence-corrected chi connectivity index (χ2v) is 6.01. The number of aliphatic carboxylic acids is 1. The van der Waals surface area contributed by atoms with Crippen LogP contribution in [-0.2, 0) is 11.3 Å². The lowest BCUT2D eigenvalue weighted by molar-refractivity contribution is -0.146. The molecule has 1 spiro atoms. The molecule has 1 heterocycles. The third kappa shape index (κ3) is 2.20. The van der Waals surface area contributed by atoms with Crippen molar-refractivity contribution in [2.45, 2.75) is 25.8 Å². The Labute approximate surface area is 116 Å². The minimum absolute atomic E-state index is 0.143. The number of rotatable bonds is 3. The van der Waals surface area contributed by atoms with Crippen molar-refractivity contribution in [3.8, 4) is 0 Å². The van der Waals surface area contributed by atoms with Crippen LogP contribution < -0.4 is 0 Å². The van der Waals surface area contributed by atoms with E-state index in [9.17, 15) is 18.7 Å². The molecule has 1 atom stereocenters. The van der Waals surface area contributed by atoms with E-state index in [1.165, 1.54) is 6.07 Å². The zero-order valence-corrected chi connectivity index (χ0v) is 11.1. The minimum atomic E-state index is -0.771. The lowest BCUT2D eigenvalue weighted by Crippen LogP contribution is -2.40. The predicted molar refractivity (Wildman–Crippen MR) is 69.0 cm³/mol. The number of benzene rings is 1. The highest BCUT2D eigenvalue weighted by Gasteiger charge is 2.53. The van der Waals surface area contributed by atoms with Crippen molar-refractivity contribution in [1.82, 2.24) is 4.90 Å². The average molecular weight is 281 g/mol. The van der Waals surface area contributed by atoms with E-state index < -0.39 is 17.6 Å². The second kappa shape index (κ2) is 4.81. The summed E-state index contributed by atoms with van der Waals surface area (Å²) in [4.78, 5) is 13.3. The molecule has 1 aliphatic carbocycles. The molecule has 20 heavy (non-hydrogen) atoms. The Morgan fingerprint density at radius 3 is 2.70 bits per heavy atom. The van der Waals surface area contributed by atoms with E-state index in [-0.39, 0.29) is 17.9 Å². The summed E-state index contributed by atoms with van der Waals surface area (Å²) in [6.45, 7) is 1.36. The van der Waals surface area contributed by atoms with Gasteiger partial charge >= 0.3 is 5.97 Å². The van der Waals surface area contributed by atoms with Crippen LogP contribution >= 0.6 is 0 Å².